The van der Waals surface area contributed by atoms with E-state index in [9.17, 15) is 9.59 Å². The molecule has 1 aliphatic rings. The molecule has 8 nitrogen and oxygen atoms in total. The Balaban J connectivity index is 1.50. The zero-order chi connectivity index (χ0) is 19.1. The van der Waals surface area contributed by atoms with E-state index < -0.39 is 0 Å². The summed E-state index contributed by atoms with van der Waals surface area (Å²) in [4.78, 5) is 43.2. The van der Waals surface area contributed by atoms with E-state index in [-0.39, 0.29) is 18.0 Å². The highest BCUT2D eigenvalue weighted by atomic mass is 16.2. The smallest absolute Gasteiger partial charge is 0.272 e. The van der Waals surface area contributed by atoms with Gasteiger partial charge in [0.2, 0.25) is 0 Å². The van der Waals surface area contributed by atoms with E-state index in [2.05, 4.69) is 19.9 Å². The van der Waals surface area contributed by atoms with Gasteiger partial charge in [-0.2, -0.15) is 0 Å². The number of aromatic amines is 1. The minimum atomic E-state index is -0.174. The minimum absolute atomic E-state index is 0.134. The Morgan fingerprint density at radius 2 is 2.00 bits per heavy atom. The van der Waals surface area contributed by atoms with Gasteiger partial charge in [-0.25, -0.2) is 9.97 Å². The van der Waals surface area contributed by atoms with Crippen LogP contribution in [0.4, 0.5) is 0 Å². The van der Waals surface area contributed by atoms with Gasteiger partial charge in [-0.05, 0) is 30.7 Å². The van der Waals surface area contributed by atoms with Crippen LogP contribution < -0.4 is 5.56 Å². The second-order valence-corrected chi connectivity index (χ2v) is 6.60. The van der Waals surface area contributed by atoms with E-state index in [0.29, 0.717) is 41.4 Å². The van der Waals surface area contributed by atoms with Crippen LogP contribution in [0.25, 0.3) is 17.2 Å². The lowest BCUT2D eigenvalue weighted by molar-refractivity contribution is 0.0724. The first-order valence-corrected chi connectivity index (χ1v) is 8.95. The van der Waals surface area contributed by atoms with Gasteiger partial charge in [0.05, 0.1) is 18.4 Å². The molecule has 0 aliphatic carbocycles. The molecule has 0 bridgehead atoms. The molecule has 0 saturated carbocycles. The average molecular weight is 372 g/mol. The van der Waals surface area contributed by atoms with Gasteiger partial charge in [0, 0.05) is 24.5 Å². The maximum Gasteiger partial charge on any atom is 0.272 e. The molecule has 1 amide bonds. The van der Waals surface area contributed by atoms with Gasteiger partial charge in [0.25, 0.3) is 11.5 Å². The summed E-state index contributed by atoms with van der Waals surface area (Å²) in [6.45, 7) is 0.734. The molecule has 0 aromatic carbocycles. The molecular weight excluding hydrogens is 356 g/mol. The molecule has 28 heavy (non-hydrogen) atoms. The Bertz CT molecular complexity index is 1240. The molecule has 0 fully saturated rings. The first kappa shape index (κ1) is 16.4. The summed E-state index contributed by atoms with van der Waals surface area (Å²) in [5.41, 5.74) is 2.86. The molecule has 5 heterocycles. The number of nitrogens with one attached hydrogen (secondary N) is 1. The summed E-state index contributed by atoms with van der Waals surface area (Å²) in [7, 11) is 0. The standard InChI is InChI=1S/C20H16N6O2/c27-19-13-7-10-25(20(28)16-11-22-17-6-2-4-9-26(16)17)12-15(13)23-18(24-19)14-5-1-3-8-21-14/h1-6,8-9,11H,7,10,12H2,(H,23,24,27). The summed E-state index contributed by atoms with van der Waals surface area (Å²) in [5.74, 6) is 0.277. The maximum atomic E-state index is 13.1. The average Bonchev–Trinajstić information content (AvgIpc) is 3.17. The van der Waals surface area contributed by atoms with E-state index in [1.807, 2.05) is 30.5 Å². The van der Waals surface area contributed by atoms with E-state index >= 15 is 0 Å². The second kappa shape index (κ2) is 6.41. The fourth-order valence-corrected chi connectivity index (χ4v) is 3.49. The molecular formula is C20H16N6O2. The summed E-state index contributed by atoms with van der Waals surface area (Å²) in [6, 6.07) is 11.0. The van der Waals surface area contributed by atoms with Crippen molar-refractivity contribution in [1.82, 2.24) is 29.2 Å². The molecule has 8 heteroatoms. The third-order valence-electron chi connectivity index (χ3n) is 4.90. The number of pyridine rings is 2. The summed E-state index contributed by atoms with van der Waals surface area (Å²) in [5, 5.41) is 0. The van der Waals surface area contributed by atoms with Crippen LogP contribution in [0.2, 0.25) is 0 Å². The predicted octanol–water partition coefficient (Wildman–Crippen LogP) is 1.68. The van der Waals surface area contributed by atoms with Crippen LogP contribution in [-0.4, -0.2) is 41.7 Å². The van der Waals surface area contributed by atoms with Crippen molar-refractivity contribution in [3.05, 3.63) is 82.3 Å². The highest BCUT2D eigenvalue weighted by Gasteiger charge is 2.27. The van der Waals surface area contributed by atoms with Crippen molar-refractivity contribution in [3.63, 3.8) is 0 Å². The Morgan fingerprint density at radius 1 is 1.11 bits per heavy atom. The molecule has 1 aliphatic heterocycles. The number of amides is 1. The lowest BCUT2D eigenvalue weighted by Crippen LogP contribution is -2.39. The number of nitrogens with zero attached hydrogens (tertiary/aromatic N) is 5. The number of imidazole rings is 1. The number of carbonyl (C=O) groups excluding carboxylic acids is 1. The molecule has 0 radical (unpaired) electrons. The molecule has 0 unspecified atom stereocenters. The molecule has 0 atom stereocenters. The van der Waals surface area contributed by atoms with Gasteiger partial charge < -0.3 is 9.88 Å². The third-order valence-corrected chi connectivity index (χ3v) is 4.90. The number of hydrogen-bond acceptors (Lipinski definition) is 5. The summed E-state index contributed by atoms with van der Waals surface area (Å²) < 4.78 is 1.77. The molecule has 1 N–H and O–H groups in total. The quantitative estimate of drug-likeness (QED) is 0.577. The van der Waals surface area contributed by atoms with Gasteiger partial charge in [-0.3, -0.25) is 19.0 Å². The van der Waals surface area contributed by atoms with E-state index in [4.69, 9.17) is 0 Å². The van der Waals surface area contributed by atoms with Crippen LogP contribution in [0.5, 0.6) is 0 Å². The molecule has 4 aromatic rings. The Hall–Kier alpha value is -3.81. The Labute approximate surface area is 159 Å². The molecule has 4 aromatic heterocycles. The van der Waals surface area contributed by atoms with Crippen LogP contribution in [0.3, 0.4) is 0 Å². The molecule has 0 spiro atoms. The molecule has 138 valence electrons. The van der Waals surface area contributed by atoms with Crippen LogP contribution in [-0.2, 0) is 13.0 Å². The fourth-order valence-electron chi connectivity index (χ4n) is 3.49. The summed E-state index contributed by atoms with van der Waals surface area (Å²) >= 11 is 0. The van der Waals surface area contributed by atoms with E-state index in [1.54, 1.807) is 33.8 Å². The van der Waals surface area contributed by atoms with Crippen LogP contribution in [0, 0.1) is 0 Å². The van der Waals surface area contributed by atoms with Crippen LogP contribution >= 0.6 is 0 Å². The van der Waals surface area contributed by atoms with Gasteiger partial charge >= 0.3 is 0 Å². The Kier molecular flexibility index (Phi) is 3.75. The fraction of sp³-hybridized carbons (Fsp3) is 0.150. The van der Waals surface area contributed by atoms with Gasteiger partial charge in [-0.15, -0.1) is 0 Å². The first-order chi connectivity index (χ1) is 13.7. The van der Waals surface area contributed by atoms with Crippen LogP contribution in [0.1, 0.15) is 21.7 Å². The second-order valence-electron chi connectivity index (χ2n) is 6.60. The highest BCUT2D eigenvalue weighted by Crippen LogP contribution is 2.19. The third kappa shape index (κ3) is 2.66. The van der Waals surface area contributed by atoms with Crippen molar-refractivity contribution >= 4 is 11.6 Å². The van der Waals surface area contributed by atoms with E-state index in [0.717, 1.165) is 5.65 Å². The monoisotopic (exact) mass is 372 g/mol. The summed E-state index contributed by atoms with van der Waals surface area (Å²) in [6.07, 6.45) is 5.51. The van der Waals surface area contributed by atoms with Crippen molar-refractivity contribution in [3.8, 4) is 11.5 Å². The minimum Gasteiger partial charge on any atom is -0.331 e. The van der Waals surface area contributed by atoms with Crippen molar-refractivity contribution < 1.29 is 4.79 Å². The van der Waals surface area contributed by atoms with Crippen molar-refractivity contribution in [1.29, 1.82) is 0 Å². The zero-order valence-electron chi connectivity index (χ0n) is 14.9. The molecule has 0 saturated heterocycles. The normalized spacial score (nSPS) is 13.5. The van der Waals surface area contributed by atoms with Crippen molar-refractivity contribution in [2.24, 2.45) is 0 Å². The number of fused-ring (bicyclic) bond motifs is 2. The number of rotatable bonds is 2. The van der Waals surface area contributed by atoms with Crippen molar-refractivity contribution in [2.75, 3.05) is 6.54 Å². The van der Waals surface area contributed by atoms with Gasteiger partial charge in [-0.1, -0.05) is 12.1 Å². The van der Waals surface area contributed by atoms with Gasteiger partial charge in [0.1, 0.15) is 17.0 Å². The number of aromatic nitrogens is 5. The number of hydrogen-bond donors (Lipinski definition) is 1. The zero-order valence-corrected chi connectivity index (χ0v) is 14.9. The lowest BCUT2D eigenvalue weighted by Gasteiger charge is -2.27. The predicted molar refractivity (Wildman–Crippen MR) is 102 cm³/mol. The lowest BCUT2D eigenvalue weighted by atomic mass is 10.1. The maximum absolute atomic E-state index is 13.1. The Morgan fingerprint density at radius 3 is 2.86 bits per heavy atom. The van der Waals surface area contributed by atoms with Crippen LogP contribution in [0.15, 0.2) is 59.8 Å². The van der Waals surface area contributed by atoms with Gasteiger partial charge in [0.15, 0.2) is 5.82 Å². The largest absolute Gasteiger partial charge is 0.331 e. The SMILES string of the molecule is O=C(c1cnc2ccccn12)N1CCc2c(nc(-c3ccccn3)[nH]c2=O)C1. The number of H-pyrrole nitrogens is 1. The highest BCUT2D eigenvalue weighted by molar-refractivity contribution is 5.93. The first-order valence-electron chi connectivity index (χ1n) is 8.95. The van der Waals surface area contributed by atoms with Crippen molar-refractivity contribution in [2.45, 2.75) is 13.0 Å². The van der Waals surface area contributed by atoms with E-state index in [1.165, 1.54) is 0 Å². The topological polar surface area (TPSA) is 96.2 Å². The molecule has 5 rings (SSSR count). The number of carbonyl (C=O) groups is 1.